The van der Waals surface area contributed by atoms with Crippen LogP contribution < -0.4 is 11.5 Å². The average molecular weight is 206 g/mol. The minimum atomic E-state index is -0.440. The monoisotopic (exact) mass is 206 g/mol. The molecular weight excluding hydrogens is 188 g/mol. The second-order valence-corrected chi connectivity index (χ2v) is 3.95. The summed E-state index contributed by atoms with van der Waals surface area (Å²) in [4.78, 5) is 11.7. The number of hydrogen-bond donors (Lipinski definition) is 2. The molecule has 0 radical (unpaired) electrons. The van der Waals surface area contributed by atoms with Crippen molar-refractivity contribution >= 4 is 5.78 Å². The van der Waals surface area contributed by atoms with Gasteiger partial charge in [0.2, 0.25) is 0 Å². The van der Waals surface area contributed by atoms with Crippen LogP contribution in [0.1, 0.15) is 18.9 Å². The number of carbonyl (C=O) groups is 1. The fraction of sp³-hybridized carbons (Fsp3) is 0.417. The Bertz CT molecular complexity index is 309. The molecule has 0 saturated carbocycles. The Kier molecular flexibility index (Phi) is 4.46. The van der Waals surface area contributed by atoms with Gasteiger partial charge in [0.1, 0.15) is 0 Å². The summed E-state index contributed by atoms with van der Waals surface area (Å²) >= 11 is 0. The van der Waals surface area contributed by atoms with E-state index < -0.39 is 6.04 Å². The van der Waals surface area contributed by atoms with E-state index in [1.54, 1.807) is 0 Å². The molecule has 0 heterocycles. The van der Waals surface area contributed by atoms with Gasteiger partial charge in [-0.2, -0.15) is 0 Å². The number of hydrogen-bond acceptors (Lipinski definition) is 3. The lowest BCUT2D eigenvalue weighted by Crippen LogP contribution is -2.37. The van der Waals surface area contributed by atoms with Gasteiger partial charge in [-0.1, -0.05) is 30.3 Å². The van der Waals surface area contributed by atoms with Crippen LogP contribution in [0.15, 0.2) is 30.3 Å². The van der Waals surface area contributed by atoms with Crippen LogP contribution in [0.5, 0.6) is 0 Å². The third kappa shape index (κ3) is 4.23. The van der Waals surface area contributed by atoms with Gasteiger partial charge in [-0.25, -0.2) is 0 Å². The highest BCUT2D eigenvalue weighted by Gasteiger charge is 2.15. The van der Waals surface area contributed by atoms with E-state index in [0.717, 1.165) is 5.56 Å². The molecule has 0 aromatic heterocycles. The van der Waals surface area contributed by atoms with Gasteiger partial charge in [0.25, 0.3) is 0 Å². The summed E-state index contributed by atoms with van der Waals surface area (Å²) in [6, 6.07) is 9.15. The minimum Gasteiger partial charge on any atom is -0.328 e. The number of ketones is 1. The predicted octanol–water partition coefficient (Wildman–Crippen LogP) is 0.863. The molecule has 0 aliphatic carbocycles. The van der Waals surface area contributed by atoms with Crippen molar-refractivity contribution in [3.63, 3.8) is 0 Å². The third-order valence-electron chi connectivity index (χ3n) is 2.26. The number of Topliss-reactive ketones (excluding diaryl/α,β-unsaturated/α-hetero) is 1. The molecule has 0 saturated heterocycles. The van der Waals surface area contributed by atoms with Gasteiger partial charge < -0.3 is 11.5 Å². The van der Waals surface area contributed by atoms with Crippen LogP contribution in [0.4, 0.5) is 0 Å². The van der Waals surface area contributed by atoms with E-state index in [-0.39, 0.29) is 11.8 Å². The Labute approximate surface area is 90.5 Å². The van der Waals surface area contributed by atoms with Crippen molar-refractivity contribution in [2.45, 2.75) is 31.8 Å². The summed E-state index contributed by atoms with van der Waals surface area (Å²) in [7, 11) is 0. The third-order valence-corrected chi connectivity index (χ3v) is 2.26. The van der Waals surface area contributed by atoms with Crippen molar-refractivity contribution in [1.29, 1.82) is 0 Å². The summed E-state index contributed by atoms with van der Waals surface area (Å²) in [6.45, 7) is 1.86. The van der Waals surface area contributed by atoms with Crippen LogP contribution in [0.2, 0.25) is 0 Å². The Morgan fingerprint density at radius 3 is 2.40 bits per heavy atom. The molecule has 0 amide bonds. The molecule has 0 bridgehead atoms. The Balaban J connectivity index is 2.49. The van der Waals surface area contributed by atoms with Crippen LogP contribution in [0.25, 0.3) is 0 Å². The quantitative estimate of drug-likeness (QED) is 0.750. The minimum absolute atomic E-state index is 0.0280. The summed E-state index contributed by atoms with van der Waals surface area (Å²) in [6.07, 6.45) is 0.945. The SMILES string of the molecule is CC(N)CC(N)C(=O)Cc1ccccc1. The summed E-state index contributed by atoms with van der Waals surface area (Å²) in [5, 5.41) is 0. The highest BCUT2D eigenvalue weighted by atomic mass is 16.1. The average Bonchev–Trinajstić information content (AvgIpc) is 2.18. The Hall–Kier alpha value is -1.19. The lowest BCUT2D eigenvalue weighted by molar-refractivity contribution is -0.119. The van der Waals surface area contributed by atoms with Crippen LogP contribution >= 0.6 is 0 Å². The van der Waals surface area contributed by atoms with Crippen LogP contribution in [-0.2, 0) is 11.2 Å². The van der Waals surface area contributed by atoms with Crippen molar-refractivity contribution in [2.75, 3.05) is 0 Å². The molecule has 1 aromatic rings. The number of benzene rings is 1. The zero-order valence-corrected chi connectivity index (χ0v) is 9.02. The topological polar surface area (TPSA) is 69.1 Å². The first-order valence-electron chi connectivity index (χ1n) is 5.17. The lowest BCUT2D eigenvalue weighted by Gasteiger charge is -2.12. The Morgan fingerprint density at radius 1 is 1.27 bits per heavy atom. The van der Waals surface area contributed by atoms with E-state index in [2.05, 4.69) is 0 Å². The first-order chi connectivity index (χ1) is 7.09. The number of carbonyl (C=O) groups excluding carboxylic acids is 1. The van der Waals surface area contributed by atoms with Crippen molar-refractivity contribution in [1.82, 2.24) is 0 Å². The molecule has 2 atom stereocenters. The first kappa shape index (κ1) is 11.9. The van der Waals surface area contributed by atoms with Gasteiger partial charge in [0.05, 0.1) is 6.04 Å². The standard InChI is InChI=1S/C12H18N2O/c1-9(13)7-11(14)12(15)8-10-5-3-2-4-6-10/h2-6,9,11H,7-8,13-14H2,1H3. The lowest BCUT2D eigenvalue weighted by atomic mass is 10.00. The fourth-order valence-corrected chi connectivity index (χ4v) is 1.46. The molecule has 82 valence electrons. The zero-order chi connectivity index (χ0) is 11.3. The molecular formula is C12H18N2O. The van der Waals surface area contributed by atoms with Crippen LogP contribution in [-0.4, -0.2) is 17.9 Å². The van der Waals surface area contributed by atoms with Crippen molar-refractivity contribution in [3.8, 4) is 0 Å². The summed E-state index contributed by atoms with van der Waals surface area (Å²) in [5.74, 6) is 0.0542. The molecule has 0 spiro atoms. The molecule has 1 aromatic carbocycles. The predicted molar refractivity (Wildman–Crippen MR) is 61.4 cm³/mol. The van der Waals surface area contributed by atoms with Crippen LogP contribution in [0, 0.1) is 0 Å². The second-order valence-electron chi connectivity index (χ2n) is 3.95. The number of nitrogens with two attached hydrogens (primary N) is 2. The van der Waals surface area contributed by atoms with Gasteiger partial charge >= 0.3 is 0 Å². The van der Waals surface area contributed by atoms with Crippen LogP contribution in [0.3, 0.4) is 0 Å². The smallest absolute Gasteiger partial charge is 0.153 e. The Morgan fingerprint density at radius 2 is 1.87 bits per heavy atom. The summed E-state index contributed by atoms with van der Waals surface area (Å²) < 4.78 is 0. The molecule has 3 heteroatoms. The maximum Gasteiger partial charge on any atom is 0.153 e. The van der Waals surface area contributed by atoms with E-state index >= 15 is 0 Å². The van der Waals surface area contributed by atoms with Gasteiger partial charge in [-0.05, 0) is 18.9 Å². The molecule has 0 aliphatic rings. The first-order valence-corrected chi connectivity index (χ1v) is 5.17. The molecule has 0 fully saturated rings. The highest BCUT2D eigenvalue weighted by molar-refractivity contribution is 5.85. The number of rotatable bonds is 5. The summed E-state index contributed by atoms with van der Waals surface area (Å²) in [5.41, 5.74) is 12.3. The van der Waals surface area contributed by atoms with E-state index in [0.29, 0.717) is 12.8 Å². The molecule has 4 N–H and O–H groups in total. The van der Waals surface area contributed by atoms with Crippen molar-refractivity contribution in [2.24, 2.45) is 11.5 Å². The van der Waals surface area contributed by atoms with Gasteiger partial charge in [-0.15, -0.1) is 0 Å². The van der Waals surface area contributed by atoms with Crippen molar-refractivity contribution < 1.29 is 4.79 Å². The maximum absolute atomic E-state index is 11.7. The van der Waals surface area contributed by atoms with Gasteiger partial charge in [-0.3, -0.25) is 4.79 Å². The largest absolute Gasteiger partial charge is 0.328 e. The van der Waals surface area contributed by atoms with Gasteiger partial charge in [0.15, 0.2) is 5.78 Å². The second kappa shape index (κ2) is 5.63. The van der Waals surface area contributed by atoms with E-state index in [1.165, 1.54) is 0 Å². The normalized spacial score (nSPS) is 14.6. The van der Waals surface area contributed by atoms with Gasteiger partial charge in [0, 0.05) is 12.5 Å². The zero-order valence-electron chi connectivity index (χ0n) is 9.02. The van der Waals surface area contributed by atoms with E-state index in [1.807, 2.05) is 37.3 Å². The molecule has 1 rings (SSSR count). The fourth-order valence-electron chi connectivity index (χ4n) is 1.46. The molecule has 3 nitrogen and oxygen atoms in total. The van der Waals surface area contributed by atoms with Crippen molar-refractivity contribution in [3.05, 3.63) is 35.9 Å². The maximum atomic E-state index is 11.7. The highest BCUT2D eigenvalue weighted by Crippen LogP contribution is 2.03. The molecule has 2 unspecified atom stereocenters. The molecule has 0 aliphatic heterocycles. The molecule has 15 heavy (non-hydrogen) atoms. The van der Waals surface area contributed by atoms with E-state index in [9.17, 15) is 4.79 Å². The van der Waals surface area contributed by atoms with E-state index in [4.69, 9.17) is 11.5 Å².